The summed E-state index contributed by atoms with van der Waals surface area (Å²) in [5, 5.41) is 11.3. The third-order valence-electron chi connectivity index (χ3n) is 15.5. The van der Waals surface area contributed by atoms with Crippen molar-refractivity contribution >= 4 is 59.8 Å². The van der Waals surface area contributed by atoms with Crippen molar-refractivity contribution in [3.05, 3.63) is 143 Å². The number of hydrogen-bond donors (Lipinski definition) is 8. The predicted molar refractivity (Wildman–Crippen MR) is 283 cm³/mol. The Morgan fingerprint density at radius 2 is 1.49 bits per heavy atom. The number of imide groups is 1. The topological polar surface area (TPSA) is 277 Å². The van der Waals surface area contributed by atoms with Gasteiger partial charge in [0, 0.05) is 61.5 Å². The highest BCUT2D eigenvalue weighted by atomic mass is 31.2. The van der Waals surface area contributed by atoms with Crippen LogP contribution in [-0.2, 0) is 45.5 Å². The number of aromatic amines is 1. The lowest BCUT2D eigenvalue weighted by Gasteiger charge is -2.40. The lowest BCUT2D eigenvalue weighted by atomic mass is 9.89. The van der Waals surface area contributed by atoms with E-state index in [1.54, 1.807) is 0 Å². The molecular formula is C56H64F2N9O10P. The summed E-state index contributed by atoms with van der Waals surface area (Å²) in [5.41, 5.74) is 3.70. The molecule has 9 rings (SSSR count). The highest BCUT2D eigenvalue weighted by Crippen LogP contribution is 2.59. The molecule has 19 nitrogen and oxygen atoms in total. The number of primary amides is 1. The number of halogens is 2. The maximum absolute atomic E-state index is 15.1. The molecule has 0 saturated carbocycles. The second kappa shape index (κ2) is 23.8. The van der Waals surface area contributed by atoms with E-state index < -0.39 is 78.6 Å². The number of fused-ring (bicyclic) bond motifs is 2. The van der Waals surface area contributed by atoms with E-state index in [1.807, 2.05) is 84.9 Å². The fraction of sp³-hybridized carbons (Fsp3) is 0.411. The molecule has 5 aromatic rings. The summed E-state index contributed by atoms with van der Waals surface area (Å²) >= 11 is 0. The molecule has 7 amide bonds. The van der Waals surface area contributed by atoms with Gasteiger partial charge in [0.15, 0.2) is 0 Å². The van der Waals surface area contributed by atoms with E-state index in [4.69, 9.17) is 5.73 Å². The molecule has 5 heterocycles. The summed E-state index contributed by atoms with van der Waals surface area (Å²) in [6.45, 7) is 3.40. The molecular weight excluding hydrogens is 1030 g/mol. The van der Waals surface area contributed by atoms with Crippen LogP contribution in [0, 0.1) is 5.92 Å². The van der Waals surface area contributed by atoms with Crippen LogP contribution in [0.5, 0.6) is 0 Å². The molecule has 4 aliphatic rings. The average molecular weight is 1090 g/mol. The number of aromatic nitrogens is 1. The fourth-order valence-corrected chi connectivity index (χ4v) is 11.9. The molecule has 22 heteroatoms. The summed E-state index contributed by atoms with van der Waals surface area (Å²) in [5.74, 6) is -3.90. The molecule has 78 heavy (non-hydrogen) atoms. The van der Waals surface area contributed by atoms with Crippen molar-refractivity contribution in [3.63, 3.8) is 0 Å². The van der Waals surface area contributed by atoms with Gasteiger partial charge in [-0.3, -0.25) is 48.3 Å². The van der Waals surface area contributed by atoms with Gasteiger partial charge in [0.2, 0.25) is 35.4 Å². The predicted octanol–water partition coefficient (Wildman–Crippen LogP) is 4.65. The molecule has 9 N–H and O–H groups in total. The minimum Gasteiger partial charge on any atom is -0.370 e. The number of carbonyl (C=O) groups is 7. The molecule has 4 aromatic carbocycles. The number of rotatable bonds is 18. The van der Waals surface area contributed by atoms with Gasteiger partial charge in [-0.2, -0.15) is 8.78 Å². The zero-order chi connectivity index (χ0) is 55.3. The first kappa shape index (κ1) is 55.6. The minimum absolute atomic E-state index is 0.0539. The number of carbonyl (C=O) groups excluding carboxylic acids is 7. The maximum atomic E-state index is 15.1. The summed E-state index contributed by atoms with van der Waals surface area (Å²) in [7, 11) is -5.90. The molecule has 0 aliphatic carbocycles. The highest BCUT2D eigenvalue weighted by molar-refractivity contribution is 7.52. The smallest absolute Gasteiger partial charge is 0.370 e. The quantitative estimate of drug-likeness (QED) is 0.0440. The molecule has 4 aliphatic heterocycles. The van der Waals surface area contributed by atoms with Gasteiger partial charge in [-0.15, -0.1) is 0 Å². The van der Waals surface area contributed by atoms with Crippen molar-refractivity contribution < 1.29 is 56.7 Å². The van der Waals surface area contributed by atoms with Crippen LogP contribution in [-0.4, -0.2) is 128 Å². The maximum Gasteiger partial charge on any atom is 0.399 e. The van der Waals surface area contributed by atoms with Crippen LogP contribution < -0.4 is 27.0 Å². The first-order chi connectivity index (χ1) is 37.3. The summed E-state index contributed by atoms with van der Waals surface area (Å²) in [6.07, 6.45) is 3.27. The van der Waals surface area contributed by atoms with E-state index in [1.165, 1.54) is 17.0 Å². The van der Waals surface area contributed by atoms with Gasteiger partial charge >= 0.3 is 13.3 Å². The third-order valence-corrected chi connectivity index (χ3v) is 16.5. The Balaban J connectivity index is 0.919. The molecule has 5 atom stereocenters. The van der Waals surface area contributed by atoms with E-state index >= 15 is 4.79 Å². The summed E-state index contributed by atoms with van der Waals surface area (Å²) < 4.78 is 41.2. The van der Waals surface area contributed by atoms with Crippen LogP contribution >= 0.6 is 7.60 Å². The number of likely N-dealkylation sites (tertiary alicyclic amines) is 1. The summed E-state index contributed by atoms with van der Waals surface area (Å²) in [4.78, 5) is 122. The van der Waals surface area contributed by atoms with Crippen molar-refractivity contribution in [3.8, 4) is 0 Å². The summed E-state index contributed by atoms with van der Waals surface area (Å²) in [6, 6.07) is 26.0. The van der Waals surface area contributed by atoms with E-state index in [0.717, 1.165) is 60.3 Å². The first-order valence-electron chi connectivity index (χ1n) is 26.4. The van der Waals surface area contributed by atoms with Gasteiger partial charge in [-0.25, -0.2) is 0 Å². The number of nitrogens with zero attached hydrogens (tertiary/aromatic N) is 3. The van der Waals surface area contributed by atoms with Crippen molar-refractivity contribution in [1.29, 1.82) is 0 Å². The van der Waals surface area contributed by atoms with Gasteiger partial charge in [0.25, 0.3) is 5.91 Å². The standard InChI is InChI=1S/C56H64F2N9O10P/c57-56(58,78(75,76)77)40-14-17-43-39(29-40)30-45(60-43)53(72)62-46-33-66(31-34-22-25-65(26-23-34)32-35-8-7-13-38(28-35)42-16-21-49(69)63-51(42)70)27-24-41-15-19-47(67(41)55(46)74)54(73)61-44(18-20-48(59)68)52(71)64-50(36-9-3-1-4-10-36)37-11-5-2-6-12-37/h1-14,17,28-30,34,41-42,44,46-47,50,60H,15-16,18-27,31-33H2,(H2,59,68)(H,61,73)(H,62,72)(H,64,71)(H,63,69,70)(H2,75,76,77)/t41-,42?,44+,46+,47+/m1/s1. The van der Waals surface area contributed by atoms with Crippen molar-refractivity contribution in [1.82, 2.24) is 41.0 Å². The zero-order valence-corrected chi connectivity index (χ0v) is 43.7. The number of nitrogens with one attached hydrogen (secondary N) is 5. The molecule has 4 saturated heterocycles. The van der Waals surface area contributed by atoms with Gasteiger partial charge in [0.05, 0.1) is 12.0 Å². The van der Waals surface area contributed by atoms with E-state index in [9.17, 15) is 51.9 Å². The molecule has 0 bridgehead atoms. The highest BCUT2D eigenvalue weighted by Gasteiger charge is 2.51. The normalized spacial score (nSPS) is 21.3. The van der Waals surface area contributed by atoms with E-state index in [2.05, 4.69) is 36.1 Å². The Morgan fingerprint density at radius 1 is 0.795 bits per heavy atom. The Bertz CT molecular complexity index is 3060. The first-order valence-corrected chi connectivity index (χ1v) is 28.0. The number of H-pyrrole nitrogens is 1. The van der Waals surface area contributed by atoms with E-state index in [-0.39, 0.29) is 66.1 Å². The van der Waals surface area contributed by atoms with Crippen LogP contribution in [0.15, 0.2) is 109 Å². The fourth-order valence-electron chi connectivity index (χ4n) is 11.4. The van der Waals surface area contributed by atoms with Crippen LogP contribution in [0.1, 0.15) is 108 Å². The van der Waals surface area contributed by atoms with Crippen LogP contribution in [0.3, 0.4) is 0 Å². The van der Waals surface area contributed by atoms with Gasteiger partial charge < -0.3 is 46.3 Å². The Labute approximate surface area is 449 Å². The van der Waals surface area contributed by atoms with Crippen molar-refractivity contribution in [2.75, 3.05) is 32.7 Å². The minimum atomic E-state index is -5.90. The number of hydrogen-bond acceptors (Lipinski definition) is 10. The molecule has 0 spiro atoms. The molecule has 412 valence electrons. The number of benzene rings is 4. The van der Waals surface area contributed by atoms with Gasteiger partial charge in [-0.05, 0) is 104 Å². The second-order valence-corrected chi connectivity index (χ2v) is 22.6. The zero-order valence-electron chi connectivity index (χ0n) is 42.8. The van der Waals surface area contributed by atoms with Crippen LogP contribution in [0.2, 0.25) is 0 Å². The SMILES string of the molecule is NC(=O)CC[C@H](NC(=O)[C@@H]1CC[C@@H]2CCN(CC3CCN(Cc4cccc(C5CCC(=O)NC5=O)c4)CC3)C[C@H](NC(=O)c3cc4cc(C(F)(F)P(=O)(O)O)ccc4[nH]3)C(=O)N21)C(=O)NC(c1ccccc1)c1ccccc1. The lowest BCUT2D eigenvalue weighted by molar-refractivity contribution is -0.144. The number of nitrogens with two attached hydrogens (primary N) is 1. The second-order valence-electron chi connectivity index (χ2n) is 20.9. The van der Waals surface area contributed by atoms with Gasteiger partial charge in [0.1, 0.15) is 23.8 Å². The molecule has 1 aromatic heterocycles. The molecule has 0 radical (unpaired) electrons. The Kier molecular flexibility index (Phi) is 17.0. The average Bonchev–Trinajstić information content (AvgIpc) is 4.06. The molecule has 1 unspecified atom stereocenters. The molecule has 4 fully saturated rings. The lowest BCUT2D eigenvalue weighted by Crippen LogP contribution is -2.61. The van der Waals surface area contributed by atoms with Crippen molar-refractivity contribution in [2.45, 2.75) is 106 Å². The largest absolute Gasteiger partial charge is 0.399 e. The third kappa shape index (κ3) is 12.9. The van der Waals surface area contributed by atoms with Crippen molar-refractivity contribution in [2.24, 2.45) is 11.7 Å². The Morgan fingerprint density at radius 3 is 2.15 bits per heavy atom. The van der Waals surface area contributed by atoms with Crippen LogP contribution in [0.25, 0.3) is 10.9 Å². The monoisotopic (exact) mass is 1090 g/mol. The van der Waals surface area contributed by atoms with Crippen LogP contribution in [0.4, 0.5) is 8.78 Å². The number of alkyl halides is 2. The van der Waals surface area contributed by atoms with E-state index in [0.29, 0.717) is 45.3 Å². The number of amides is 7. The Hall–Kier alpha value is -7.16. The number of piperidine rings is 2. The van der Waals surface area contributed by atoms with Gasteiger partial charge in [-0.1, -0.05) is 91.0 Å².